The maximum atomic E-state index is 13.0. The molecule has 3 saturated carbocycles. The van der Waals surface area contributed by atoms with Crippen LogP contribution in [0.4, 0.5) is 18.0 Å². The van der Waals surface area contributed by atoms with Gasteiger partial charge in [-0.25, -0.2) is 9.59 Å². The highest BCUT2D eigenvalue weighted by Gasteiger charge is 2.68. The molecule has 1 N–H and O–H groups in total. The summed E-state index contributed by atoms with van der Waals surface area (Å²) in [6.45, 7) is 11.0. The van der Waals surface area contributed by atoms with Gasteiger partial charge in [-0.05, 0) is 68.9 Å². The van der Waals surface area contributed by atoms with Gasteiger partial charge < -0.3 is 33.6 Å². The maximum Gasteiger partial charge on any atom is 0.511 e. The van der Waals surface area contributed by atoms with Crippen molar-refractivity contribution in [3.63, 3.8) is 0 Å². The molecule has 1 heterocycles. The molecule has 0 radical (unpaired) electrons. The molecule has 0 aromatic heterocycles. The molecule has 1 aromatic carbocycles. The van der Waals surface area contributed by atoms with E-state index in [1.807, 2.05) is 6.92 Å². The fraction of sp³-hybridized carbons (Fsp3) is 0.700. The Balaban J connectivity index is 1.55. The minimum Gasteiger partial charge on any atom is -0.496 e. The number of ether oxygens (including phenoxy) is 4. The molecular formula is C30H41BF3NO9. The highest BCUT2D eigenvalue weighted by Crippen LogP contribution is 2.65. The number of amides is 1. The summed E-state index contributed by atoms with van der Waals surface area (Å²) in [6, 6.07) is 4.69. The number of benzene rings is 1. The third-order valence-corrected chi connectivity index (χ3v) is 9.11. The van der Waals surface area contributed by atoms with Crippen LogP contribution in [0.2, 0.25) is 0 Å². The van der Waals surface area contributed by atoms with Gasteiger partial charge in [0.2, 0.25) is 12.2 Å². The molecule has 44 heavy (non-hydrogen) atoms. The number of carbonyl (C=O) groups is 3. The summed E-state index contributed by atoms with van der Waals surface area (Å²) in [5.41, 5.74) is -0.108. The van der Waals surface area contributed by atoms with E-state index in [1.165, 1.54) is 20.1 Å². The number of carbonyl (C=O) groups excluding carboxylic acids is 3. The number of hydrogen-bond acceptors (Lipinski definition) is 9. The molecule has 4 aliphatic rings. The Hall–Kier alpha value is -3.00. The number of para-hydroxylation sites is 1. The Morgan fingerprint density at radius 3 is 2.41 bits per heavy atom. The number of rotatable bonds is 11. The average molecular weight is 627 g/mol. The van der Waals surface area contributed by atoms with Gasteiger partial charge >= 0.3 is 25.4 Å². The SMILES string of the molecule is COc1c(CC(NC(=O)CCC(F)(F)F)B2OC3CC4CC(C4(C)C)C3(C)O2)cccc1C(=O)OC(C)OC(=O)OC(C)C. The minimum absolute atomic E-state index is 0.0105. The van der Waals surface area contributed by atoms with Crippen molar-refractivity contribution in [1.82, 2.24) is 5.32 Å². The van der Waals surface area contributed by atoms with E-state index in [0.29, 0.717) is 11.5 Å². The van der Waals surface area contributed by atoms with E-state index < -0.39 is 68.1 Å². The Morgan fingerprint density at radius 2 is 1.80 bits per heavy atom. The van der Waals surface area contributed by atoms with Crippen LogP contribution in [-0.4, -0.2) is 68.5 Å². The van der Waals surface area contributed by atoms with Crippen LogP contribution in [0.1, 0.15) is 83.1 Å². The molecule has 14 heteroatoms. The van der Waals surface area contributed by atoms with Crippen molar-refractivity contribution < 1.29 is 55.8 Å². The Labute approximate surface area is 255 Å². The van der Waals surface area contributed by atoms with E-state index in [1.54, 1.807) is 26.0 Å². The predicted octanol–water partition coefficient (Wildman–Crippen LogP) is 5.40. The van der Waals surface area contributed by atoms with E-state index in [0.717, 1.165) is 12.8 Å². The largest absolute Gasteiger partial charge is 0.511 e. The number of halogens is 3. The van der Waals surface area contributed by atoms with Gasteiger partial charge in [0, 0.05) is 13.3 Å². The fourth-order valence-electron chi connectivity index (χ4n) is 6.80. The van der Waals surface area contributed by atoms with Gasteiger partial charge in [0.15, 0.2) is 0 Å². The lowest BCUT2D eigenvalue weighted by molar-refractivity contribution is -0.199. The highest BCUT2D eigenvalue weighted by atomic mass is 19.4. The van der Waals surface area contributed by atoms with Crippen molar-refractivity contribution in [2.45, 2.75) is 110 Å². The second-order valence-corrected chi connectivity index (χ2v) is 12.8. The van der Waals surface area contributed by atoms with Crippen LogP contribution in [0.5, 0.6) is 5.75 Å². The number of alkyl halides is 3. The lowest BCUT2D eigenvalue weighted by atomic mass is 9.43. The molecule has 6 unspecified atom stereocenters. The Morgan fingerprint density at radius 1 is 1.09 bits per heavy atom. The number of nitrogens with one attached hydrogen (secondary N) is 1. The topological polar surface area (TPSA) is 119 Å². The summed E-state index contributed by atoms with van der Waals surface area (Å²) in [7, 11) is 0.399. The van der Waals surface area contributed by atoms with Gasteiger partial charge in [0.1, 0.15) is 11.3 Å². The normalized spacial score (nSPS) is 26.6. The first kappa shape index (κ1) is 33.9. The molecule has 3 aliphatic carbocycles. The number of hydrogen-bond donors (Lipinski definition) is 1. The van der Waals surface area contributed by atoms with E-state index in [9.17, 15) is 27.6 Å². The van der Waals surface area contributed by atoms with Crippen molar-refractivity contribution >= 4 is 25.2 Å². The third kappa shape index (κ3) is 7.27. The summed E-state index contributed by atoms with van der Waals surface area (Å²) in [6.07, 6.45) is -7.68. The monoisotopic (exact) mass is 627 g/mol. The molecule has 4 fully saturated rings. The van der Waals surface area contributed by atoms with E-state index in [2.05, 4.69) is 19.2 Å². The van der Waals surface area contributed by atoms with Crippen LogP contribution < -0.4 is 10.1 Å². The number of methoxy groups -OCH3 is 1. The zero-order valence-electron chi connectivity index (χ0n) is 26.1. The molecule has 1 aliphatic heterocycles. The van der Waals surface area contributed by atoms with Crippen molar-refractivity contribution in [1.29, 1.82) is 0 Å². The van der Waals surface area contributed by atoms with Crippen LogP contribution in [0.25, 0.3) is 0 Å². The molecule has 5 rings (SSSR count). The summed E-state index contributed by atoms with van der Waals surface area (Å²) in [4.78, 5) is 37.6. The number of esters is 1. The van der Waals surface area contributed by atoms with Gasteiger partial charge in [-0.1, -0.05) is 26.0 Å². The van der Waals surface area contributed by atoms with Gasteiger partial charge in [0.25, 0.3) is 0 Å². The summed E-state index contributed by atoms with van der Waals surface area (Å²) in [5.74, 6) is -1.75. The molecule has 1 saturated heterocycles. The Bertz CT molecular complexity index is 1240. The highest BCUT2D eigenvalue weighted by molar-refractivity contribution is 6.48. The molecule has 2 bridgehead atoms. The first-order valence-corrected chi connectivity index (χ1v) is 14.9. The molecule has 1 aromatic rings. The van der Waals surface area contributed by atoms with Crippen molar-refractivity contribution in [2.75, 3.05) is 7.11 Å². The predicted molar refractivity (Wildman–Crippen MR) is 152 cm³/mol. The van der Waals surface area contributed by atoms with Crippen LogP contribution in [0.3, 0.4) is 0 Å². The quantitative estimate of drug-likeness (QED) is 0.196. The van der Waals surface area contributed by atoms with Crippen LogP contribution in [0, 0.1) is 17.3 Å². The second kappa shape index (κ2) is 12.8. The van der Waals surface area contributed by atoms with Crippen LogP contribution in [0.15, 0.2) is 18.2 Å². The van der Waals surface area contributed by atoms with Crippen molar-refractivity contribution in [2.24, 2.45) is 17.3 Å². The lowest BCUT2D eigenvalue weighted by Crippen LogP contribution is -2.65. The van der Waals surface area contributed by atoms with Gasteiger partial charge in [-0.3, -0.25) is 4.79 Å². The molecule has 244 valence electrons. The van der Waals surface area contributed by atoms with Gasteiger partial charge in [-0.15, -0.1) is 0 Å². The first-order chi connectivity index (χ1) is 20.4. The molecule has 0 spiro atoms. The lowest BCUT2D eigenvalue weighted by Gasteiger charge is -2.64. The summed E-state index contributed by atoms with van der Waals surface area (Å²) >= 11 is 0. The molecule has 1 amide bonds. The Kier molecular flexibility index (Phi) is 9.84. The van der Waals surface area contributed by atoms with Gasteiger partial charge in [0.05, 0.1) is 37.3 Å². The minimum atomic E-state index is -4.49. The molecule has 6 atom stereocenters. The van der Waals surface area contributed by atoms with Gasteiger partial charge in [-0.2, -0.15) is 13.2 Å². The van der Waals surface area contributed by atoms with Crippen LogP contribution >= 0.6 is 0 Å². The van der Waals surface area contributed by atoms with Crippen LogP contribution in [-0.2, 0) is 34.7 Å². The summed E-state index contributed by atoms with van der Waals surface area (Å²) in [5, 5.41) is 2.69. The van der Waals surface area contributed by atoms with Crippen molar-refractivity contribution in [3.05, 3.63) is 29.3 Å². The smallest absolute Gasteiger partial charge is 0.496 e. The third-order valence-electron chi connectivity index (χ3n) is 9.11. The van der Waals surface area contributed by atoms with E-state index >= 15 is 0 Å². The standard InChI is InChI=1S/C30H41BF3NO9/c1-16(2)40-27(38)42-17(3)41-26(37)20-10-8-9-18(25(20)39-7)13-23(35-24(36)11-12-30(32,33)34)31-43-22-15-19-14-21(28(19,4)5)29(22,6)44-31/h8-10,16-17,19,21-23H,11-15H2,1-7H3,(H,35,36). The summed E-state index contributed by atoms with van der Waals surface area (Å²) < 4.78 is 72.2. The zero-order chi connectivity index (χ0) is 32.6. The van der Waals surface area contributed by atoms with E-state index in [4.69, 9.17) is 28.3 Å². The molecular weight excluding hydrogens is 586 g/mol. The second-order valence-electron chi connectivity index (χ2n) is 12.8. The fourth-order valence-corrected chi connectivity index (χ4v) is 6.80. The average Bonchev–Trinajstić information content (AvgIpc) is 3.27. The zero-order valence-corrected chi connectivity index (χ0v) is 26.1. The first-order valence-electron chi connectivity index (χ1n) is 14.9. The maximum absolute atomic E-state index is 13.0. The van der Waals surface area contributed by atoms with Crippen molar-refractivity contribution in [3.8, 4) is 5.75 Å². The molecule has 10 nitrogen and oxygen atoms in total. The van der Waals surface area contributed by atoms with E-state index in [-0.39, 0.29) is 35.2 Å².